The molecule has 1 aliphatic heterocycles. The number of aryl methyl sites for hydroxylation is 1. The monoisotopic (exact) mass is 442 g/mol. The van der Waals surface area contributed by atoms with Gasteiger partial charge in [0.05, 0.1) is 11.0 Å². The molecule has 2 atom stereocenters. The average molecular weight is 443 g/mol. The minimum absolute atomic E-state index is 0.0455. The fourth-order valence-corrected chi connectivity index (χ4v) is 4.41. The van der Waals surface area contributed by atoms with Crippen LogP contribution in [0.2, 0.25) is 0 Å². The highest BCUT2D eigenvalue weighted by atomic mass is 16.5. The van der Waals surface area contributed by atoms with Gasteiger partial charge in [-0.3, -0.25) is 4.79 Å². The van der Waals surface area contributed by atoms with Crippen LogP contribution >= 0.6 is 0 Å². The number of Topliss-reactive ketones (excluding diaryl/α,β-unsaturated/α-hetero) is 1. The van der Waals surface area contributed by atoms with E-state index in [9.17, 15) is 19.8 Å². The Morgan fingerprint density at radius 1 is 1.28 bits per heavy atom. The Kier molecular flexibility index (Phi) is 7.13. The number of aromatic hydroxyl groups is 1. The number of hydrogen-bond acceptors (Lipinski definition) is 6. The Bertz CT molecular complexity index is 1100. The van der Waals surface area contributed by atoms with E-state index in [0.717, 1.165) is 12.0 Å². The molecule has 1 aromatic heterocycles. The molecular formula is C26H34O6. The van der Waals surface area contributed by atoms with Crippen molar-refractivity contribution in [2.45, 2.75) is 91.3 Å². The van der Waals surface area contributed by atoms with Crippen LogP contribution in [0.4, 0.5) is 0 Å². The maximum Gasteiger partial charge on any atom is 0.336 e. The second kappa shape index (κ2) is 9.49. The molecule has 0 spiro atoms. The van der Waals surface area contributed by atoms with Crippen molar-refractivity contribution in [2.75, 3.05) is 0 Å². The number of ether oxygens (including phenoxy) is 1. The van der Waals surface area contributed by atoms with Crippen LogP contribution in [-0.4, -0.2) is 27.7 Å². The highest BCUT2D eigenvalue weighted by Crippen LogP contribution is 2.48. The molecular weight excluding hydrogens is 408 g/mol. The van der Waals surface area contributed by atoms with Gasteiger partial charge >= 0.3 is 5.63 Å². The Morgan fingerprint density at radius 2 is 2.00 bits per heavy atom. The summed E-state index contributed by atoms with van der Waals surface area (Å²) in [6.07, 6.45) is 5.18. The van der Waals surface area contributed by atoms with Gasteiger partial charge in [0.2, 0.25) is 0 Å². The minimum atomic E-state index is -1.14. The van der Waals surface area contributed by atoms with Crippen LogP contribution in [0, 0.1) is 0 Å². The topological polar surface area (TPSA) is 97.0 Å². The van der Waals surface area contributed by atoms with E-state index in [-0.39, 0.29) is 35.5 Å². The van der Waals surface area contributed by atoms with Crippen LogP contribution in [0.3, 0.4) is 0 Å². The van der Waals surface area contributed by atoms with Crippen molar-refractivity contribution >= 4 is 16.8 Å². The number of fused-ring (bicyclic) bond motifs is 3. The maximum atomic E-state index is 12.9. The first-order valence-electron chi connectivity index (χ1n) is 11.5. The molecule has 6 nitrogen and oxygen atoms in total. The molecule has 32 heavy (non-hydrogen) atoms. The number of hydrogen-bond donors (Lipinski definition) is 2. The standard InChI is InChI=1S/C26H34O6/c1-6-9-16-13-20(28)32-25-21(16)24-17(23(29)22(25)18(27)10-7-2)14-19(31-24)26(5,30)12-8-11-15(3)4/h11,13,19,29-30H,6-10,12,14H2,1-5H3. The van der Waals surface area contributed by atoms with E-state index in [2.05, 4.69) is 6.08 Å². The molecule has 2 N–H and O–H groups in total. The fourth-order valence-electron chi connectivity index (χ4n) is 4.41. The predicted molar refractivity (Wildman–Crippen MR) is 125 cm³/mol. The van der Waals surface area contributed by atoms with Crippen molar-refractivity contribution in [3.63, 3.8) is 0 Å². The second-order valence-electron chi connectivity index (χ2n) is 9.24. The highest BCUT2D eigenvalue weighted by molar-refractivity contribution is 6.11. The Balaban J connectivity index is 2.18. The van der Waals surface area contributed by atoms with E-state index < -0.39 is 17.3 Å². The first-order chi connectivity index (χ1) is 15.1. The molecule has 1 aromatic carbocycles. The lowest BCUT2D eigenvalue weighted by Gasteiger charge is -2.29. The summed E-state index contributed by atoms with van der Waals surface area (Å²) in [6, 6.07) is 1.43. The van der Waals surface area contributed by atoms with Crippen molar-refractivity contribution in [3.8, 4) is 11.5 Å². The Morgan fingerprint density at radius 3 is 2.62 bits per heavy atom. The molecule has 174 valence electrons. The largest absolute Gasteiger partial charge is 0.507 e. The third-order valence-corrected chi connectivity index (χ3v) is 6.12. The molecule has 1 aliphatic rings. The molecule has 0 fully saturated rings. The van der Waals surface area contributed by atoms with Crippen molar-refractivity contribution in [1.29, 1.82) is 0 Å². The number of ketones is 1. The zero-order chi connectivity index (χ0) is 23.6. The van der Waals surface area contributed by atoms with Crippen molar-refractivity contribution in [1.82, 2.24) is 0 Å². The quantitative estimate of drug-likeness (QED) is 0.313. The molecule has 0 saturated heterocycles. The van der Waals surface area contributed by atoms with Gasteiger partial charge in [-0.1, -0.05) is 31.9 Å². The second-order valence-corrected chi connectivity index (χ2v) is 9.24. The number of carbonyl (C=O) groups is 1. The van der Waals surface area contributed by atoms with Crippen molar-refractivity contribution in [3.05, 3.63) is 44.8 Å². The van der Waals surface area contributed by atoms with E-state index in [1.165, 1.54) is 11.6 Å². The molecule has 0 radical (unpaired) electrons. The molecule has 2 aromatic rings. The minimum Gasteiger partial charge on any atom is -0.507 e. The van der Waals surface area contributed by atoms with Gasteiger partial charge in [0.1, 0.15) is 23.2 Å². The van der Waals surface area contributed by atoms with Gasteiger partial charge in [-0.25, -0.2) is 4.79 Å². The van der Waals surface area contributed by atoms with E-state index in [1.54, 1.807) is 6.92 Å². The summed E-state index contributed by atoms with van der Waals surface area (Å²) < 4.78 is 11.7. The molecule has 0 aliphatic carbocycles. The van der Waals surface area contributed by atoms with Gasteiger partial charge in [0.15, 0.2) is 11.4 Å². The number of benzene rings is 1. The van der Waals surface area contributed by atoms with Gasteiger partial charge < -0.3 is 19.4 Å². The summed E-state index contributed by atoms with van der Waals surface area (Å²) in [5, 5.41) is 22.8. The molecule has 2 heterocycles. The smallest absolute Gasteiger partial charge is 0.336 e. The summed E-state index contributed by atoms with van der Waals surface area (Å²) in [6.45, 7) is 9.64. The van der Waals surface area contributed by atoms with Gasteiger partial charge in [0.25, 0.3) is 0 Å². The summed E-state index contributed by atoms with van der Waals surface area (Å²) in [5.74, 6) is -0.0658. The van der Waals surface area contributed by atoms with Gasteiger partial charge in [-0.15, -0.1) is 0 Å². The lowest BCUT2D eigenvalue weighted by molar-refractivity contribution is -0.0429. The molecule has 3 rings (SSSR count). The lowest BCUT2D eigenvalue weighted by atomic mass is 9.88. The summed E-state index contributed by atoms with van der Waals surface area (Å²) in [7, 11) is 0. The van der Waals surface area contributed by atoms with Crippen LogP contribution in [0.25, 0.3) is 11.0 Å². The molecule has 6 heteroatoms. The van der Waals surface area contributed by atoms with E-state index >= 15 is 0 Å². The van der Waals surface area contributed by atoms with E-state index in [1.807, 2.05) is 27.7 Å². The first kappa shape index (κ1) is 24.1. The average Bonchev–Trinajstić information content (AvgIpc) is 3.14. The predicted octanol–water partition coefficient (Wildman–Crippen LogP) is 5.23. The number of aliphatic hydroxyl groups is 1. The van der Waals surface area contributed by atoms with Crippen LogP contribution in [0.5, 0.6) is 11.5 Å². The summed E-state index contributed by atoms with van der Waals surface area (Å²) >= 11 is 0. The van der Waals surface area contributed by atoms with E-state index in [4.69, 9.17) is 9.15 Å². The van der Waals surface area contributed by atoms with Crippen LogP contribution in [-0.2, 0) is 12.8 Å². The maximum absolute atomic E-state index is 12.9. The van der Waals surface area contributed by atoms with Gasteiger partial charge in [0, 0.05) is 24.5 Å². The van der Waals surface area contributed by atoms with Crippen LogP contribution in [0.15, 0.2) is 26.9 Å². The third-order valence-electron chi connectivity index (χ3n) is 6.12. The summed E-state index contributed by atoms with van der Waals surface area (Å²) in [4.78, 5) is 25.2. The van der Waals surface area contributed by atoms with E-state index in [0.29, 0.717) is 42.4 Å². The first-order valence-corrected chi connectivity index (χ1v) is 11.5. The lowest BCUT2D eigenvalue weighted by Crippen LogP contribution is -2.42. The molecule has 0 saturated carbocycles. The van der Waals surface area contributed by atoms with Crippen LogP contribution < -0.4 is 10.4 Å². The zero-order valence-corrected chi connectivity index (χ0v) is 19.7. The number of carbonyl (C=O) groups excluding carboxylic acids is 1. The van der Waals surface area contributed by atoms with Crippen molar-refractivity contribution < 1.29 is 24.2 Å². The van der Waals surface area contributed by atoms with Crippen LogP contribution in [0.1, 0.15) is 88.2 Å². The van der Waals surface area contributed by atoms with Gasteiger partial charge in [-0.05, 0) is 52.0 Å². The zero-order valence-electron chi connectivity index (χ0n) is 19.7. The molecule has 2 unspecified atom stereocenters. The van der Waals surface area contributed by atoms with Gasteiger partial charge in [-0.2, -0.15) is 0 Å². The normalized spacial score (nSPS) is 17.0. The fraction of sp³-hybridized carbons (Fsp3) is 0.538. The SMILES string of the molecule is CCCC(=O)c1c(O)c2c(c3c(CCC)cc(=O)oc13)OC(C(C)(O)CCC=C(C)C)C2. The highest BCUT2D eigenvalue weighted by Gasteiger charge is 2.42. The third kappa shape index (κ3) is 4.60. The Labute approximate surface area is 188 Å². The summed E-state index contributed by atoms with van der Waals surface area (Å²) in [5.41, 5.74) is 0.829. The molecule has 0 amide bonds. The van der Waals surface area contributed by atoms with Crippen molar-refractivity contribution in [2.24, 2.45) is 0 Å². The number of allylic oxidation sites excluding steroid dienone is 2. The molecule has 0 bridgehead atoms. The number of phenols is 1. The number of rotatable bonds is 9. The number of phenolic OH excluding ortho intramolecular Hbond substituents is 1. The Hall–Kier alpha value is -2.60.